The van der Waals surface area contributed by atoms with Crippen molar-refractivity contribution in [2.75, 3.05) is 0 Å². The summed E-state index contributed by atoms with van der Waals surface area (Å²) in [5.41, 5.74) is 2.24. The first-order chi connectivity index (χ1) is 15.0. The number of imide groups is 1. The van der Waals surface area contributed by atoms with Gasteiger partial charge >= 0.3 is 6.03 Å². The summed E-state index contributed by atoms with van der Waals surface area (Å²) in [6.07, 6.45) is 1.60. The number of hydrogen-bond acceptors (Lipinski definition) is 3. The van der Waals surface area contributed by atoms with E-state index in [2.05, 4.69) is 27.9 Å². The fourth-order valence-corrected chi connectivity index (χ4v) is 3.83. The minimum atomic E-state index is -0.572. The highest BCUT2D eigenvalue weighted by molar-refractivity contribution is 14.1. The summed E-state index contributed by atoms with van der Waals surface area (Å²) in [4.78, 5) is 25.9. The molecule has 1 heterocycles. The number of carbonyl (C=O) groups excluding carboxylic acids is 2. The molecule has 0 atom stereocenters. The van der Waals surface area contributed by atoms with Crippen molar-refractivity contribution in [3.63, 3.8) is 0 Å². The predicted molar refractivity (Wildman–Crippen MR) is 123 cm³/mol. The number of carbonyl (C=O) groups is 2. The van der Waals surface area contributed by atoms with Crippen LogP contribution < -0.4 is 10.1 Å². The molecular weight excluding hydrogens is 510 g/mol. The summed E-state index contributed by atoms with van der Waals surface area (Å²) in [6.45, 7) is 0.329. The first kappa shape index (κ1) is 21.0. The SMILES string of the molecule is O=C1N/C(=C/c2ccc(OCc3ccccc3)c(I)c2)C(=O)N1Cc1ccccc1F. The molecule has 3 aromatic rings. The summed E-state index contributed by atoms with van der Waals surface area (Å²) in [6, 6.07) is 20.9. The van der Waals surface area contributed by atoms with E-state index in [1.54, 1.807) is 24.3 Å². The van der Waals surface area contributed by atoms with Crippen LogP contribution in [-0.2, 0) is 17.9 Å². The van der Waals surface area contributed by atoms with Gasteiger partial charge in [-0.1, -0.05) is 54.6 Å². The largest absolute Gasteiger partial charge is 0.488 e. The quantitative estimate of drug-likeness (QED) is 0.275. The zero-order valence-corrected chi connectivity index (χ0v) is 18.5. The number of urea groups is 1. The molecule has 1 saturated heterocycles. The highest BCUT2D eigenvalue weighted by atomic mass is 127. The normalized spacial score (nSPS) is 14.8. The number of rotatable bonds is 6. The van der Waals surface area contributed by atoms with Crippen molar-refractivity contribution in [2.45, 2.75) is 13.2 Å². The number of halogens is 2. The van der Waals surface area contributed by atoms with Crippen LogP contribution in [0, 0.1) is 9.39 Å². The summed E-state index contributed by atoms with van der Waals surface area (Å²) >= 11 is 2.17. The Kier molecular flexibility index (Phi) is 6.31. The molecule has 0 radical (unpaired) electrons. The van der Waals surface area contributed by atoms with E-state index >= 15 is 0 Å². The zero-order chi connectivity index (χ0) is 21.8. The molecule has 5 nitrogen and oxygen atoms in total. The molecule has 3 aromatic carbocycles. The van der Waals surface area contributed by atoms with Crippen molar-refractivity contribution in [3.05, 3.63) is 105 Å². The van der Waals surface area contributed by atoms with Crippen LogP contribution in [0.2, 0.25) is 0 Å². The van der Waals surface area contributed by atoms with Crippen LogP contribution in [0.25, 0.3) is 6.08 Å². The Bertz CT molecular complexity index is 1160. The third-order valence-electron chi connectivity index (χ3n) is 4.75. The third kappa shape index (κ3) is 4.93. The minimum absolute atomic E-state index is 0.127. The van der Waals surface area contributed by atoms with E-state index < -0.39 is 17.8 Å². The fourth-order valence-electron chi connectivity index (χ4n) is 3.14. The topological polar surface area (TPSA) is 58.6 Å². The third-order valence-corrected chi connectivity index (χ3v) is 5.60. The molecule has 0 aromatic heterocycles. The maximum atomic E-state index is 13.9. The molecule has 1 aliphatic rings. The molecule has 0 saturated carbocycles. The van der Waals surface area contributed by atoms with Gasteiger partial charge in [-0.25, -0.2) is 9.18 Å². The van der Waals surface area contributed by atoms with Gasteiger partial charge in [0.05, 0.1) is 10.1 Å². The van der Waals surface area contributed by atoms with E-state index in [9.17, 15) is 14.0 Å². The maximum Gasteiger partial charge on any atom is 0.329 e. The molecule has 0 aliphatic carbocycles. The number of nitrogens with one attached hydrogen (secondary N) is 1. The van der Waals surface area contributed by atoms with Gasteiger partial charge in [-0.3, -0.25) is 9.69 Å². The average Bonchev–Trinajstić information content (AvgIpc) is 3.03. The lowest BCUT2D eigenvalue weighted by Gasteiger charge is -2.12. The number of nitrogens with zero attached hydrogens (tertiary/aromatic N) is 1. The van der Waals surface area contributed by atoms with Crippen LogP contribution in [0.5, 0.6) is 5.75 Å². The number of amides is 3. The Labute approximate surface area is 192 Å². The molecule has 1 aliphatic heterocycles. The van der Waals surface area contributed by atoms with Gasteiger partial charge in [0.25, 0.3) is 5.91 Å². The monoisotopic (exact) mass is 528 g/mol. The van der Waals surface area contributed by atoms with E-state index in [-0.39, 0.29) is 17.8 Å². The van der Waals surface area contributed by atoms with Crippen molar-refractivity contribution in [2.24, 2.45) is 0 Å². The molecule has 0 bridgehead atoms. The number of ether oxygens (including phenoxy) is 1. The molecule has 4 rings (SSSR count). The fraction of sp³-hybridized carbons (Fsp3) is 0.0833. The van der Waals surface area contributed by atoms with E-state index in [0.29, 0.717) is 6.61 Å². The summed E-state index contributed by atoms with van der Waals surface area (Å²) in [5.74, 6) is -0.219. The average molecular weight is 528 g/mol. The van der Waals surface area contributed by atoms with Crippen LogP contribution in [-0.4, -0.2) is 16.8 Å². The first-order valence-corrected chi connectivity index (χ1v) is 10.6. The van der Waals surface area contributed by atoms with Crippen molar-refractivity contribution >= 4 is 40.6 Å². The second kappa shape index (κ2) is 9.30. The molecule has 3 amide bonds. The Morgan fingerprint density at radius 3 is 2.48 bits per heavy atom. The second-order valence-electron chi connectivity index (χ2n) is 6.94. The predicted octanol–water partition coefficient (Wildman–Crippen LogP) is 5.10. The van der Waals surface area contributed by atoms with Crippen molar-refractivity contribution in [1.29, 1.82) is 0 Å². The van der Waals surface area contributed by atoms with Crippen molar-refractivity contribution < 1.29 is 18.7 Å². The number of hydrogen-bond donors (Lipinski definition) is 1. The standard InChI is InChI=1S/C24H18FIN2O3/c25-19-9-5-4-8-18(19)14-28-23(29)21(27-24(28)30)13-17-10-11-22(20(26)12-17)31-15-16-6-2-1-3-7-16/h1-13H,14-15H2,(H,27,30)/b21-13+. The Morgan fingerprint density at radius 2 is 1.74 bits per heavy atom. The summed E-state index contributed by atoms with van der Waals surface area (Å²) in [5, 5.41) is 2.57. The smallest absolute Gasteiger partial charge is 0.329 e. The van der Waals surface area contributed by atoms with Crippen LogP contribution >= 0.6 is 22.6 Å². The zero-order valence-electron chi connectivity index (χ0n) is 16.3. The van der Waals surface area contributed by atoms with Gasteiger partial charge in [0.2, 0.25) is 0 Å². The van der Waals surface area contributed by atoms with E-state index in [1.807, 2.05) is 48.5 Å². The van der Waals surface area contributed by atoms with Crippen LogP contribution in [0.4, 0.5) is 9.18 Å². The van der Waals surface area contributed by atoms with E-state index in [0.717, 1.165) is 25.3 Å². The molecule has 7 heteroatoms. The van der Waals surface area contributed by atoms with Gasteiger partial charge in [-0.05, 0) is 58.0 Å². The second-order valence-corrected chi connectivity index (χ2v) is 8.10. The minimum Gasteiger partial charge on any atom is -0.488 e. The summed E-state index contributed by atoms with van der Waals surface area (Å²) in [7, 11) is 0. The molecule has 0 spiro atoms. The van der Waals surface area contributed by atoms with E-state index in [1.165, 1.54) is 6.07 Å². The Balaban J connectivity index is 1.47. The molecule has 0 unspecified atom stereocenters. The lowest BCUT2D eigenvalue weighted by Crippen LogP contribution is -2.30. The first-order valence-electron chi connectivity index (χ1n) is 9.55. The summed E-state index contributed by atoms with van der Waals surface area (Å²) < 4.78 is 20.6. The van der Waals surface area contributed by atoms with Gasteiger partial charge in [0, 0.05) is 5.56 Å². The van der Waals surface area contributed by atoms with Crippen molar-refractivity contribution in [1.82, 2.24) is 10.2 Å². The van der Waals surface area contributed by atoms with Crippen LogP contribution in [0.1, 0.15) is 16.7 Å². The lowest BCUT2D eigenvalue weighted by atomic mass is 10.1. The highest BCUT2D eigenvalue weighted by Crippen LogP contribution is 2.25. The highest BCUT2D eigenvalue weighted by Gasteiger charge is 2.33. The molecule has 1 fully saturated rings. The lowest BCUT2D eigenvalue weighted by molar-refractivity contribution is -0.123. The van der Waals surface area contributed by atoms with Gasteiger partial charge in [0.15, 0.2) is 0 Å². The maximum absolute atomic E-state index is 13.9. The molecule has 1 N–H and O–H groups in total. The molecule has 156 valence electrons. The van der Waals surface area contributed by atoms with Gasteiger partial charge in [-0.2, -0.15) is 0 Å². The van der Waals surface area contributed by atoms with Gasteiger partial charge in [0.1, 0.15) is 23.9 Å². The van der Waals surface area contributed by atoms with Gasteiger partial charge < -0.3 is 10.1 Å². The van der Waals surface area contributed by atoms with Crippen molar-refractivity contribution in [3.8, 4) is 5.75 Å². The van der Waals surface area contributed by atoms with Crippen LogP contribution in [0.15, 0.2) is 78.5 Å². The van der Waals surface area contributed by atoms with Gasteiger partial charge in [-0.15, -0.1) is 0 Å². The number of benzene rings is 3. The Morgan fingerprint density at radius 1 is 1.00 bits per heavy atom. The van der Waals surface area contributed by atoms with Crippen LogP contribution in [0.3, 0.4) is 0 Å². The molecule has 31 heavy (non-hydrogen) atoms. The molecular formula is C24H18FIN2O3. The van der Waals surface area contributed by atoms with E-state index in [4.69, 9.17) is 4.74 Å². The Hall–Kier alpha value is -3.20.